The Kier molecular flexibility index (Phi) is 6.42. The minimum Gasteiger partial charge on any atom is -0.492 e. The fourth-order valence-corrected chi connectivity index (χ4v) is 2.66. The second-order valence-electron chi connectivity index (χ2n) is 6.48. The molecule has 0 aromatic heterocycles. The maximum absolute atomic E-state index is 12.6. The van der Waals surface area contributed by atoms with Gasteiger partial charge in [0.15, 0.2) is 0 Å². The van der Waals surface area contributed by atoms with Crippen LogP contribution in [0.25, 0.3) is 0 Å². The first kappa shape index (κ1) is 18.1. The third-order valence-corrected chi connectivity index (χ3v) is 3.96. The van der Waals surface area contributed by atoms with Gasteiger partial charge < -0.3 is 10.1 Å². The van der Waals surface area contributed by atoms with E-state index < -0.39 is 0 Å². The van der Waals surface area contributed by atoms with Crippen LogP contribution in [-0.4, -0.2) is 12.5 Å². The van der Waals surface area contributed by atoms with Gasteiger partial charge in [-0.3, -0.25) is 4.79 Å². The van der Waals surface area contributed by atoms with Gasteiger partial charge in [0.2, 0.25) is 5.91 Å². The van der Waals surface area contributed by atoms with Crippen LogP contribution in [0.3, 0.4) is 0 Å². The Labute approximate surface area is 145 Å². The summed E-state index contributed by atoms with van der Waals surface area (Å²) in [5.74, 6) is 1.09. The van der Waals surface area contributed by atoms with Crippen LogP contribution < -0.4 is 10.1 Å². The van der Waals surface area contributed by atoms with Gasteiger partial charge in [-0.2, -0.15) is 0 Å². The van der Waals surface area contributed by atoms with Crippen molar-refractivity contribution in [2.45, 2.75) is 40.0 Å². The van der Waals surface area contributed by atoms with Crippen molar-refractivity contribution in [2.75, 3.05) is 11.9 Å². The van der Waals surface area contributed by atoms with Gasteiger partial charge in [-0.1, -0.05) is 50.2 Å². The van der Waals surface area contributed by atoms with Gasteiger partial charge in [0, 0.05) is 0 Å². The van der Waals surface area contributed by atoms with Gasteiger partial charge in [-0.25, -0.2) is 0 Å². The molecule has 1 N–H and O–H groups in total. The molecule has 0 heterocycles. The lowest BCUT2D eigenvalue weighted by Crippen LogP contribution is -2.19. The Morgan fingerprint density at radius 1 is 1.04 bits per heavy atom. The van der Waals surface area contributed by atoms with E-state index in [1.54, 1.807) is 0 Å². The molecule has 0 saturated carbocycles. The Bertz CT molecular complexity index is 662. The number of para-hydroxylation sites is 2. The summed E-state index contributed by atoms with van der Waals surface area (Å²) in [5.41, 5.74) is 3.05. The molecule has 0 aliphatic rings. The number of nitrogens with one attached hydrogen (secondary N) is 1. The molecule has 0 aliphatic heterocycles. The summed E-state index contributed by atoms with van der Waals surface area (Å²) in [6.45, 7) is 8.84. The molecule has 0 saturated heterocycles. The molecule has 3 heteroatoms. The fraction of sp³-hybridized carbons (Fsp3) is 0.381. The smallest absolute Gasteiger partial charge is 0.231 e. The summed E-state index contributed by atoms with van der Waals surface area (Å²) >= 11 is 0. The monoisotopic (exact) mass is 325 g/mol. The molecular formula is C21H27NO2. The molecule has 0 spiro atoms. The molecule has 0 bridgehead atoms. The molecule has 1 amide bonds. The van der Waals surface area contributed by atoms with E-state index >= 15 is 0 Å². The number of ether oxygens (including phenoxy) is 1. The molecule has 0 radical (unpaired) electrons. The highest BCUT2D eigenvalue weighted by Crippen LogP contribution is 2.26. The third-order valence-electron chi connectivity index (χ3n) is 3.96. The number of amides is 1. The van der Waals surface area contributed by atoms with Crippen molar-refractivity contribution in [3.8, 4) is 5.75 Å². The van der Waals surface area contributed by atoms with Gasteiger partial charge in [0.1, 0.15) is 5.75 Å². The van der Waals surface area contributed by atoms with E-state index in [0.29, 0.717) is 24.0 Å². The van der Waals surface area contributed by atoms with Crippen molar-refractivity contribution >= 4 is 11.6 Å². The maximum Gasteiger partial charge on any atom is 0.231 e. The second kappa shape index (κ2) is 8.53. The SMILES string of the molecule is CCOc1ccccc1NC(=O)[C@H](C)c1ccc(CC(C)C)cc1. The highest BCUT2D eigenvalue weighted by molar-refractivity contribution is 5.96. The molecule has 128 valence electrons. The van der Waals surface area contributed by atoms with Crippen LogP contribution in [0.4, 0.5) is 5.69 Å². The predicted molar refractivity (Wildman–Crippen MR) is 99.6 cm³/mol. The minimum atomic E-state index is -0.215. The highest BCUT2D eigenvalue weighted by Gasteiger charge is 2.17. The molecule has 0 aliphatic carbocycles. The zero-order valence-electron chi connectivity index (χ0n) is 15.0. The van der Waals surface area contributed by atoms with E-state index in [1.807, 2.05) is 38.1 Å². The van der Waals surface area contributed by atoms with E-state index in [2.05, 4.69) is 43.4 Å². The number of carbonyl (C=O) groups is 1. The summed E-state index contributed by atoms with van der Waals surface area (Å²) < 4.78 is 5.56. The van der Waals surface area contributed by atoms with E-state index in [9.17, 15) is 4.79 Å². The number of hydrogen-bond donors (Lipinski definition) is 1. The summed E-state index contributed by atoms with van der Waals surface area (Å²) in [6.07, 6.45) is 1.06. The van der Waals surface area contributed by atoms with Crippen LogP contribution in [-0.2, 0) is 11.2 Å². The summed E-state index contributed by atoms with van der Waals surface area (Å²) in [4.78, 5) is 12.6. The van der Waals surface area contributed by atoms with Gasteiger partial charge in [0.05, 0.1) is 18.2 Å². The van der Waals surface area contributed by atoms with Crippen molar-refractivity contribution < 1.29 is 9.53 Å². The summed E-state index contributed by atoms with van der Waals surface area (Å²) in [7, 11) is 0. The molecule has 2 aromatic rings. The zero-order valence-corrected chi connectivity index (χ0v) is 15.0. The van der Waals surface area contributed by atoms with Gasteiger partial charge in [-0.05, 0) is 49.4 Å². The lowest BCUT2D eigenvalue weighted by atomic mass is 9.96. The molecule has 24 heavy (non-hydrogen) atoms. The van der Waals surface area contributed by atoms with Crippen LogP contribution in [0.15, 0.2) is 48.5 Å². The molecule has 2 aromatic carbocycles. The Morgan fingerprint density at radius 2 is 1.71 bits per heavy atom. The van der Waals surface area contributed by atoms with E-state index in [4.69, 9.17) is 4.74 Å². The number of carbonyl (C=O) groups excluding carboxylic acids is 1. The standard InChI is InChI=1S/C21H27NO2/c1-5-24-20-9-7-6-8-19(20)22-21(23)16(4)18-12-10-17(11-13-18)14-15(2)3/h6-13,15-16H,5,14H2,1-4H3,(H,22,23)/t16-/m1/s1. The van der Waals surface area contributed by atoms with Crippen LogP contribution >= 0.6 is 0 Å². The lowest BCUT2D eigenvalue weighted by Gasteiger charge is -2.16. The van der Waals surface area contributed by atoms with Crippen molar-refractivity contribution in [2.24, 2.45) is 5.92 Å². The number of anilines is 1. The fourth-order valence-electron chi connectivity index (χ4n) is 2.66. The molecule has 1 atom stereocenters. The van der Waals surface area contributed by atoms with E-state index in [1.165, 1.54) is 5.56 Å². The largest absolute Gasteiger partial charge is 0.492 e. The predicted octanol–water partition coefficient (Wildman–Crippen LogP) is 5.03. The molecule has 3 nitrogen and oxygen atoms in total. The molecule has 0 fully saturated rings. The van der Waals surface area contributed by atoms with Crippen molar-refractivity contribution in [1.29, 1.82) is 0 Å². The van der Waals surface area contributed by atoms with Crippen LogP contribution in [0, 0.1) is 5.92 Å². The minimum absolute atomic E-state index is 0.0289. The van der Waals surface area contributed by atoms with Crippen LogP contribution in [0.1, 0.15) is 44.7 Å². The normalized spacial score (nSPS) is 12.0. The number of hydrogen-bond acceptors (Lipinski definition) is 2. The van der Waals surface area contributed by atoms with Gasteiger partial charge in [0.25, 0.3) is 0 Å². The van der Waals surface area contributed by atoms with Gasteiger partial charge in [-0.15, -0.1) is 0 Å². The maximum atomic E-state index is 12.6. The Balaban J connectivity index is 2.07. The average molecular weight is 325 g/mol. The average Bonchev–Trinajstić information content (AvgIpc) is 2.56. The summed E-state index contributed by atoms with van der Waals surface area (Å²) in [5, 5.41) is 2.98. The molecule has 2 rings (SSSR count). The lowest BCUT2D eigenvalue weighted by molar-refractivity contribution is -0.117. The first-order chi connectivity index (χ1) is 11.5. The summed E-state index contributed by atoms with van der Waals surface area (Å²) in [6, 6.07) is 15.9. The molecule has 0 unspecified atom stereocenters. The number of rotatable bonds is 7. The first-order valence-corrected chi connectivity index (χ1v) is 8.62. The van der Waals surface area contributed by atoms with Crippen molar-refractivity contribution in [3.05, 3.63) is 59.7 Å². The van der Waals surface area contributed by atoms with Crippen molar-refractivity contribution in [1.82, 2.24) is 0 Å². The number of benzene rings is 2. The first-order valence-electron chi connectivity index (χ1n) is 8.62. The zero-order chi connectivity index (χ0) is 17.5. The Morgan fingerprint density at radius 3 is 2.33 bits per heavy atom. The van der Waals surface area contributed by atoms with Crippen LogP contribution in [0.5, 0.6) is 5.75 Å². The van der Waals surface area contributed by atoms with E-state index in [-0.39, 0.29) is 11.8 Å². The quantitative estimate of drug-likeness (QED) is 0.775. The Hall–Kier alpha value is -2.29. The topological polar surface area (TPSA) is 38.3 Å². The molecular weight excluding hydrogens is 298 g/mol. The van der Waals surface area contributed by atoms with E-state index in [0.717, 1.165) is 12.0 Å². The second-order valence-corrected chi connectivity index (χ2v) is 6.48. The highest BCUT2D eigenvalue weighted by atomic mass is 16.5. The van der Waals surface area contributed by atoms with Crippen molar-refractivity contribution in [3.63, 3.8) is 0 Å². The third kappa shape index (κ3) is 4.85. The van der Waals surface area contributed by atoms with Crippen LogP contribution in [0.2, 0.25) is 0 Å². The van der Waals surface area contributed by atoms with Gasteiger partial charge >= 0.3 is 0 Å².